The van der Waals surface area contributed by atoms with E-state index in [-0.39, 0.29) is 5.78 Å². The minimum absolute atomic E-state index is 0.00572. The first-order valence-corrected chi connectivity index (χ1v) is 9.36. The number of Topliss-reactive ketones (excluding diaryl/α,β-unsaturated/α-hetero) is 1. The number of hydrogen-bond acceptors (Lipinski definition) is 5. The van der Waals surface area contributed by atoms with Crippen LogP contribution < -0.4 is 4.90 Å². The average Bonchev–Trinajstić information content (AvgIpc) is 2.73. The van der Waals surface area contributed by atoms with Crippen molar-refractivity contribution in [2.24, 2.45) is 0 Å². The van der Waals surface area contributed by atoms with Crippen molar-refractivity contribution in [1.29, 1.82) is 5.26 Å². The number of ketones is 1. The molecule has 2 aromatic carbocycles. The zero-order valence-corrected chi connectivity index (χ0v) is 16.0. The van der Waals surface area contributed by atoms with Gasteiger partial charge in [-0.05, 0) is 55.3 Å². The minimum atomic E-state index is -0.00572. The van der Waals surface area contributed by atoms with Crippen LogP contribution in [0.2, 0.25) is 0 Å². The zero-order chi connectivity index (χ0) is 19.7. The van der Waals surface area contributed by atoms with Gasteiger partial charge in [-0.1, -0.05) is 12.1 Å². The van der Waals surface area contributed by atoms with Crippen LogP contribution in [0.5, 0.6) is 0 Å². The minimum Gasteiger partial charge on any atom is -0.378 e. The summed E-state index contributed by atoms with van der Waals surface area (Å²) in [6.07, 6.45) is 0. The molecule has 0 radical (unpaired) electrons. The second-order valence-electron chi connectivity index (χ2n) is 7.08. The van der Waals surface area contributed by atoms with E-state index in [2.05, 4.69) is 28.1 Å². The van der Waals surface area contributed by atoms with Gasteiger partial charge in [-0.3, -0.25) is 4.79 Å². The van der Waals surface area contributed by atoms with Crippen LogP contribution in [0.4, 0.5) is 5.69 Å². The van der Waals surface area contributed by atoms with Crippen molar-refractivity contribution in [3.05, 3.63) is 59.3 Å². The predicted octanol–water partition coefficient (Wildman–Crippen LogP) is 4.12. The molecule has 0 atom stereocenters. The number of anilines is 1. The molecule has 0 aliphatic carbocycles. The van der Waals surface area contributed by atoms with E-state index in [1.54, 1.807) is 6.92 Å². The average molecular weight is 371 g/mol. The second kappa shape index (κ2) is 7.41. The number of nitrogens with zero attached hydrogens (tertiary/aromatic N) is 3. The van der Waals surface area contributed by atoms with E-state index in [1.807, 2.05) is 37.3 Å². The quantitative estimate of drug-likeness (QED) is 0.648. The molecule has 1 aliphatic heterocycles. The van der Waals surface area contributed by atoms with Gasteiger partial charge in [0.2, 0.25) is 0 Å². The Morgan fingerprint density at radius 3 is 2.50 bits per heavy atom. The number of nitriles is 1. The van der Waals surface area contributed by atoms with Crippen molar-refractivity contribution in [3.8, 4) is 17.2 Å². The van der Waals surface area contributed by atoms with Crippen LogP contribution in [0.3, 0.4) is 0 Å². The Kier molecular flexibility index (Phi) is 4.81. The Morgan fingerprint density at radius 1 is 1.14 bits per heavy atom. The van der Waals surface area contributed by atoms with Crippen molar-refractivity contribution in [3.63, 3.8) is 0 Å². The SMILES string of the molecule is CC(=O)c1cc(C)cc2nc(C#N)c(-c3ccc(N4CCOCC4)cc3)cc12. The summed E-state index contributed by atoms with van der Waals surface area (Å²) in [6.45, 7) is 6.72. The van der Waals surface area contributed by atoms with Gasteiger partial charge in [0.1, 0.15) is 11.8 Å². The molecule has 5 heteroatoms. The van der Waals surface area contributed by atoms with E-state index in [0.29, 0.717) is 16.8 Å². The second-order valence-corrected chi connectivity index (χ2v) is 7.08. The number of aromatic nitrogens is 1. The van der Waals surface area contributed by atoms with Gasteiger partial charge in [0.15, 0.2) is 5.78 Å². The number of carbonyl (C=O) groups is 1. The fraction of sp³-hybridized carbons (Fsp3) is 0.261. The van der Waals surface area contributed by atoms with Gasteiger partial charge >= 0.3 is 0 Å². The zero-order valence-electron chi connectivity index (χ0n) is 16.0. The Morgan fingerprint density at radius 2 is 1.86 bits per heavy atom. The van der Waals surface area contributed by atoms with Gasteiger partial charge in [0, 0.05) is 35.3 Å². The van der Waals surface area contributed by atoms with E-state index in [0.717, 1.165) is 54.1 Å². The highest BCUT2D eigenvalue weighted by atomic mass is 16.5. The summed E-state index contributed by atoms with van der Waals surface area (Å²) < 4.78 is 5.41. The molecular formula is C23H21N3O2. The molecular weight excluding hydrogens is 350 g/mol. The fourth-order valence-corrected chi connectivity index (χ4v) is 3.69. The number of pyridine rings is 1. The van der Waals surface area contributed by atoms with Crippen molar-refractivity contribution >= 4 is 22.4 Å². The Balaban J connectivity index is 1.81. The van der Waals surface area contributed by atoms with Crippen molar-refractivity contribution < 1.29 is 9.53 Å². The van der Waals surface area contributed by atoms with Gasteiger partial charge in [-0.15, -0.1) is 0 Å². The Labute approximate surface area is 164 Å². The molecule has 2 heterocycles. The van der Waals surface area contributed by atoms with Gasteiger partial charge in [0.25, 0.3) is 0 Å². The summed E-state index contributed by atoms with van der Waals surface area (Å²) in [5.74, 6) is -0.00572. The maximum atomic E-state index is 12.1. The lowest BCUT2D eigenvalue weighted by atomic mass is 9.96. The molecule has 1 fully saturated rings. The highest BCUT2D eigenvalue weighted by molar-refractivity contribution is 6.07. The molecule has 4 rings (SSSR count). The van der Waals surface area contributed by atoms with Crippen molar-refractivity contribution in [1.82, 2.24) is 4.98 Å². The standard InChI is InChI=1S/C23H21N3O2/c1-15-11-19(16(2)27)21-13-20(23(14-24)25-22(21)12-15)17-3-5-18(6-4-17)26-7-9-28-10-8-26/h3-6,11-13H,7-10H2,1-2H3. The summed E-state index contributed by atoms with van der Waals surface area (Å²) in [5.41, 5.74) is 5.43. The summed E-state index contributed by atoms with van der Waals surface area (Å²) in [5, 5.41) is 10.4. The third kappa shape index (κ3) is 3.35. The lowest BCUT2D eigenvalue weighted by molar-refractivity contribution is 0.101. The van der Waals surface area contributed by atoms with E-state index < -0.39 is 0 Å². The van der Waals surface area contributed by atoms with Gasteiger partial charge in [0.05, 0.1) is 18.7 Å². The smallest absolute Gasteiger partial charge is 0.160 e. The number of hydrogen-bond donors (Lipinski definition) is 0. The highest BCUT2D eigenvalue weighted by Gasteiger charge is 2.15. The van der Waals surface area contributed by atoms with Gasteiger partial charge in [-0.2, -0.15) is 5.26 Å². The summed E-state index contributed by atoms with van der Waals surface area (Å²) in [4.78, 5) is 19.0. The predicted molar refractivity (Wildman–Crippen MR) is 110 cm³/mol. The number of carbonyl (C=O) groups excluding carboxylic acids is 1. The van der Waals surface area contributed by atoms with Crippen LogP contribution in [0.1, 0.15) is 28.5 Å². The van der Waals surface area contributed by atoms with Crippen LogP contribution in [0, 0.1) is 18.3 Å². The first-order valence-electron chi connectivity index (χ1n) is 9.36. The topological polar surface area (TPSA) is 66.2 Å². The largest absolute Gasteiger partial charge is 0.378 e. The third-order valence-corrected chi connectivity index (χ3v) is 5.12. The van der Waals surface area contributed by atoms with Crippen LogP contribution in [-0.2, 0) is 4.74 Å². The van der Waals surface area contributed by atoms with E-state index in [1.165, 1.54) is 0 Å². The normalized spacial score (nSPS) is 14.1. The molecule has 0 spiro atoms. The maximum Gasteiger partial charge on any atom is 0.160 e. The molecule has 28 heavy (non-hydrogen) atoms. The molecule has 1 aliphatic rings. The molecule has 3 aromatic rings. The lowest BCUT2D eigenvalue weighted by Gasteiger charge is -2.29. The number of morpholine rings is 1. The highest BCUT2D eigenvalue weighted by Crippen LogP contribution is 2.30. The number of fused-ring (bicyclic) bond motifs is 1. The summed E-state index contributed by atoms with van der Waals surface area (Å²) >= 11 is 0. The van der Waals surface area contributed by atoms with Crippen LogP contribution in [0.25, 0.3) is 22.0 Å². The monoisotopic (exact) mass is 371 g/mol. The number of rotatable bonds is 3. The van der Waals surface area contributed by atoms with Crippen LogP contribution in [0.15, 0.2) is 42.5 Å². The number of ether oxygens (including phenoxy) is 1. The molecule has 1 saturated heterocycles. The number of benzene rings is 2. The van der Waals surface area contributed by atoms with Crippen molar-refractivity contribution in [2.45, 2.75) is 13.8 Å². The Hall–Kier alpha value is -3.23. The van der Waals surface area contributed by atoms with E-state index in [4.69, 9.17) is 4.74 Å². The molecule has 0 amide bonds. The molecule has 0 N–H and O–H groups in total. The first-order chi connectivity index (χ1) is 13.6. The Bertz CT molecular complexity index is 1090. The molecule has 140 valence electrons. The third-order valence-electron chi connectivity index (χ3n) is 5.12. The van der Waals surface area contributed by atoms with Crippen LogP contribution >= 0.6 is 0 Å². The van der Waals surface area contributed by atoms with Gasteiger partial charge in [-0.25, -0.2) is 4.98 Å². The fourth-order valence-electron chi connectivity index (χ4n) is 3.69. The lowest BCUT2D eigenvalue weighted by Crippen LogP contribution is -2.36. The van der Waals surface area contributed by atoms with Crippen molar-refractivity contribution in [2.75, 3.05) is 31.2 Å². The molecule has 1 aromatic heterocycles. The van der Waals surface area contributed by atoms with E-state index in [9.17, 15) is 10.1 Å². The molecule has 0 bridgehead atoms. The maximum absolute atomic E-state index is 12.1. The van der Waals surface area contributed by atoms with E-state index >= 15 is 0 Å². The molecule has 5 nitrogen and oxygen atoms in total. The first kappa shape index (κ1) is 18.1. The summed E-state index contributed by atoms with van der Waals surface area (Å²) in [7, 11) is 0. The van der Waals surface area contributed by atoms with Crippen LogP contribution in [-0.4, -0.2) is 37.1 Å². The van der Waals surface area contributed by atoms with Gasteiger partial charge < -0.3 is 9.64 Å². The molecule has 0 saturated carbocycles. The number of aryl methyl sites for hydroxylation is 1. The molecule has 0 unspecified atom stereocenters. The summed E-state index contributed by atoms with van der Waals surface area (Å²) in [6, 6.07) is 16.1.